The van der Waals surface area contributed by atoms with Crippen molar-refractivity contribution in [2.45, 2.75) is 0 Å². The minimum atomic E-state index is 0.773. The van der Waals surface area contributed by atoms with Gasteiger partial charge in [0.15, 0.2) is 0 Å². The summed E-state index contributed by atoms with van der Waals surface area (Å²) in [5.74, 6) is 0. The van der Waals surface area contributed by atoms with Crippen molar-refractivity contribution in [2.75, 3.05) is 33.2 Å². The van der Waals surface area contributed by atoms with Gasteiger partial charge < -0.3 is 9.80 Å². The second-order valence-corrected chi connectivity index (χ2v) is 4.68. The second kappa shape index (κ2) is 4.89. The molecule has 3 heteroatoms. The molecule has 2 rings (SSSR count). The molecule has 0 aromatic heterocycles. The second-order valence-electron chi connectivity index (χ2n) is 4.24. The van der Waals surface area contributed by atoms with E-state index >= 15 is 0 Å². The number of halogens is 1. The van der Waals surface area contributed by atoms with E-state index in [4.69, 9.17) is 11.6 Å². The molecule has 1 aliphatic rings. The smallest absolute Gasteiger partial charge is 0.0406 e. The van der Waals surface area contributed by atoms with Crippen LogP contribution in [0.3, 0.4) is 0 Å². The van der Waals surface area contributed by atoms with E-state index in [-0.39, 0.29) is 0 Å². The molecular formula is C13H17ClN2. The number of hydrogen-bond donors (Lipinski definition) is 0. The van der Waals surface area contributed by atoms with Crippen LogP contribution in [0.25, 0.3) is 5.70 Å². The van der Waals surface area contributed by atoms with E-state index in [0.717, 1.165) is 42.5 Å². The van der Waals surface area contributed by atoms with Gasteiger partial charge in [-0.15, -0.1) is 0 Å². The van der Waals surface area contributed by atoms with Gasteiger partial charge >= 0.3 is 0 Å². The highest BCUT2D eigenvalue weighted by Gasteiger charge is 2.15. The quantitative estimate of drug-likeness (QED) is 0.779. The number of benzene rings is 1. The van der Waals surface area contributed by atoms with Crippen molar-refractivity contribution >= 4 is 17.3 Å². The maximum Gasteiger partial charge on any atom is 0.0406 e. The molecule has 1 saturated heterocycles. The molecule has 0 aliphatic carbocycles. The van der Waals surface area contributed by atoms with E-state index in [1.165, 1.54) is 0 Å². The third-order valence-electron chi connectivity index (χ3n) is 3.06. The van der Waals surface area contributed by atoms with Crippen LogP contribution in [0.15, 0.2) is 30.8 Å². The van der Waals surface area contributed by atoms with E-state index in [1.54, 1.807) is 0 Å². The number of hydrogen-bond acceptors (Lipinski definition) is 2. The predicted molar refractivity (Wildman–Crippen MR) is 69.6 cm³/mol. The van der Waals surface area contributed by atoms with Gasteiger partial charge in [0.1, 0.15) is 0 Å². The molecule has 86 valence electrons. The van der Waals surface area contributed by atoms with Crippen LogP contribution in [0.4, 0.5) is 0 Å². The van der Waals surface area contributed by atoms with Gasteiger partial charge in [-0.05, 0) is 24.7 Å². The summed E-state index contributed by atoms with van der Waals surface area (Å²) < 4.78 is 0. The lowest BCUT2D eigenvalue weighted by molar-refractivity contribution is 0.207. The van der Waals surface area contributed by atoms with Crippen LogP contribution in [0.5, 0.6) is 0 Å². The van der Waals surface area contributed by atoms with Crippen LogP contribution in [-0.2, 0) is 0 Å². The summed E-state index contributed by atoms with van der Waals surface area (Å²) in [6, 6.07) is 7.89. The van der Waals surface area contributed by atoms with Gasteiger partial charge in [0.25, 0.3) is 0 Å². The topological polar surface area (TPSA) is 6.48 Å². The molecule has 0 radical (unpaired) electrons. The molecule has 0 atom stereocenters. The molecule has 0 N–H and O–H groups in total. The first-order valence-corrected chi connectivity index (χ1v) is 5.93. The van der Waals surface area contributed by atoms with Gasteiger partial charge in [-0.3, -0.25) is 0 Å². The average Bonchev–Trinajstić information content (AvgIpc) is 2.30. The molecular weight excluding hydrogens is 220 g/mol. The van der Waals surface area contributed by atoms with E-state index in [0.29, 0.717) is 0 Å². The van der Waals surface area contributed by atoms with Crippen LogP contribution in [0, 0.1) is 0 Å². The van der Waals surface area contributed by atoms with Gasteiger partial charge in [-0.2, -0.15) is 0 Å². The minimum absolute atomic E-state index is 0.773. The summed E-state index contributed by atoms with van der Waals surface area (Å²) in [7, 11) is 2.16. The van der Waals surface area contributed by atoms with Crippen molar-refractivity contribution < 1.29 is 0 Å². The lowest BCUT2D eigenvalue weighted by Crippen LogP contribution is -2.43. The van der Waals surface area contributed by atoms with E-state index < -0.39 is 0 Å². The maximum absolute atomic E-state index is 5.87. The zero-order chi connectivity index (χ0) is 11.5. The summed E-state index contributed by atoms with van der Waals surface area (Å²) in [6.07, 6.45) is 0. The lowest BCUT2D eigenvalue weighted by atomic mass is 10.1. The Balaban J connectivity index is 2.05. The Hall–Kier alpha value is -0.990. The van der Waals surface area contributed by atoms with Crippen LogP contribution in [0.2, 0.25) is 5.02 Å². The minimum Gasteiger partial charge on any atom is -0.369 e. The van der Waals surface area contributed by atoms with Crippen LogP contribution in [0.1, 0.15) is 5.56 Å². The fraction of sp³-hybridized carbons (Fsp3) is 0.385. The van der Waals surface area contributed by atoms with Crippen molar-refractivity contribution in [1.82, 2.24) is 9.80 Å². The molecule has 0 amide bonds. The molecule has 1 fully saturated rings. The summed E-state index contributed by atoms with van der Waals surface area (Å²) in [5, 5.41) is 0.773. The predicted octanol–water partition coefficient (Wildman–Crippen LogP) is 2.56. The SMILES string of the molecule is C=C(c1ccc(Cl)cc1)N1CCN(C)CC1. The zero-order valence-electron chi connectivity index (χ0n) is 9.62. The van der Waals surface area contributed by atoms with Crippen molar-refractivity contribution in [3.05, 3.63) is 41.4 Å². The van der Waals surface area contributed by atoms with Gasteiger partial charge in [0.05, 0.1) is 0 Å². The lowest BCUT2D eigenvalue weighted by Gasteiger charge is -2.35. The molecule has 1 heterocycles. The fourth-order valence-corrected chi connectivity index (χ4v) is 2.03. The third-order valence-corrected chi connectivity index (χ3v) is 3.31. The number of rotatable bonds is 2. The van der Waals surface area contributed by atoms with Crippen LogP contribution >= 0.6 is 11.6 Å². The van der Waals surface area contributed by atoms with Crippen molar-refractivity contribution in [2.24, 2.45) is 0 Å². The van der Waals surface area contributed by atoms with E-state index in [2.05, 4.69) is 23.4 Å². The zero-order valence-corrected chi connectivity index (χ0v) is 10.4. The Morgan fingerprint density at radius 2 is 1.69 bits per heavy atom. The van der Waals surface area contributed by atoms with Gasteiger partial charge in [0, 0.05) is 36.9 Å². The van der Waals surface area contributed by atoms with Crippen molar-refractivity contribution in [3.8, 4) is 0 Å². The highest BCUT2D eigenvalue weighted by Crippen LogP contribution is 2.20. The molecule has 0 spiro atoms. The van der Waals surface area contributed by atoms with Gasteiger partial charge in [0.2, 0.25) is 0 Å². The Kier molecular flexibility index (Phi) is 3.52. The molecule has 0 bridgehead atoms. The average molecular weight is 237 g/mol. The Labute approximate surface area is 102 Å². The fourth-order valence-electron chi connectivity index (χ4n) is 1.90. The molecule has 0 unspecified atom stereocenters. The Morgan fingerprint density at radius 3 is 2.25 bits per heavy atom. The molecule has 1 aromatic carbocycles. The molecule has 1 aliphatic heterocycles. The summed E-state index contributed by atoms with van der Waals surface area (Å²) in [5.41, 5.74) is 2.26. The van der Waals surface area contributed by atoms with E-state index in [9.17, 15) is 0 Å². The number of likely N-dealkylation sites (N-methyl/N-ethyl adjacent to an activating group) is 1. The van der Waals surface area contributed by atoms with Crippen LogP contribution in [-0.4, -0.2) is 43.0 Å². The van der Waals surface area contributed by atoms with E-state index in [1.807, 2.05) is 24.3 Å². The number of piperazine rings is 1. The van der Waals surface area contributed by atoms with Crippen molar-refractivity contribution in [3.63, 3.8) is 0 Å². The number of nitrogens with zero attached hydrogens (tertiary/aromatic N) is 2. The Morgan fingerprint density at radius 1 is 1.12 bits per heavy atom. The standard InChI is InChI=1S/C13H17ClN2/c1-11(12-3-5-13(14)6-4-12)16-9-7-15(2)8-10-16/h3-6H,1,7-10H2,2H3. The molecule has 16 heavy (non-hydrogen) atoms. The third kappa shape index (κ3) is 2.57. The Bertz CT molecular complexity index is 364. The first-order valence-electron chi connectivity index (χ1n) is 5.55. The van der Waals surface area contributed by atoms with Crippen molar-refractivity contribution in [1.29, 1.82) is 0 Å². The van der Waals surface area contributed by atoms with Gasteiger partial charge in [-0.25, -0.2) is 0 Å². The van der Waals surface area contributed by atoms with Crippen LogP contribution < -0.4 is 0 Å². The first-order chi connectivity index (χ1) is 7.66. The molecule has 1 aromatic rings. The molecule has 0 saturated carbocycles. The highest BCUT2D eigenvalue weighted by atomic mass is 35.5. The maximum atomic E-state index is 5.87. The molecule has 2 nitrogen and oxygen atoms in total. The van der Waals surface area contributed by atoms with Gasteiger partial charge in [-0.1, -0.05) is 30.3 Å². The summed E-state index contributed by atoms with van der Waals surface area (Å²) in [4.78, 5) is 4.68. The summed E-state index contributed by atoms with van der Waals surface area (Å²) in [6.45, 7) is 8.48. The summed E-state index contributed by atoms with van der Waals surface area (Å²) >= 11 is 5.87. The first kappa shape index (κ1) is 11.5. The highest BCUT2D eigenvalue weighted by molar-refractivity contribution is 6.30. The monoisotopic (exact) mass is 236 g/mol. The largest absolute Gasteiger partial charge is 0.369 e. The normalized spacial score (nSPS) is 17.5.